The van der Waals surface area contributed by atoms with Gasteiger partial charge in [0.15, 0.2) is 0 Å². The highest BCUT2D eigenvalue weighted by molar-refractivity contribution is 6.30. The van der Waals surface area contributed by atoms with Crippen LogP contribution in [0.5, 0.6) is 5.75 Å². The zero-order valence-corrected chi connectivity index (χ0v) is 12.6. The molecule has 0 aliphatic carbocycles. The molecule has 1 aliphatic rings. The van der Waals surface area contributed by atoms with Crippen LogP contribution < -0.4 is 4.74 Å². The van der Waals surface area contributed by atoms with Gasteiger partial charge in [-0.1, -0.05) is 31.5 Å². The standard InChI is InChI=1S/C14H20ClNO.ClH/c1-3-16(4-2)13-6-5-9-17-14-10-11(15)7-8-12(13)14;/h7-8,10,13H,3-6,9H2,1-2H3;1H. The molecule has 102 valence electrons. The van der Waals surface area contributed by atoms with Crippen molar-refractivity contribution < 1.29 is 4.74 Å². The molecule has 18 heavy (non-hydrogen) atoms. The summed E-state index contributed by atoms with van der Waals surface area (Å²) >= 11 is 6.03. The van der Waals surface area contributed by atoms with E-state index in [1.165, 1.54) is 5.56 Å². The van der Waals surface area contributed by atoms with Crippen LogP contribution in [0.25, 0.3) is 0 Å². The Morgan fingerprint density at radius 1 is 1.33 bits per heavy atom. The SMILES string of the molecule is CCN(CC)C1CCCOc2cc(Cl)ccc21.Cl. The third-order valence-corrected chi connectivity index (χ3v) is 3.70. The number of hydrogen-bond donors (Lipinski definition) is 0. The summed E-state index contributed by atoms with van der Waals surface area (Å²) in [6.07, 6.45) is 2.27. The van der Waals surface area contributed by atoms with Crippen LogP contribution in [-0.4, -0.2) is 24.6 Å². The van der Waals surface area contributed by atoms with Crippen molar-refractivity contribution in [1.29, 1.82) is 0 Å². The highest BCUT2D eigenvalue weighted by Crippen LogP contribution is 2.36. The summed E-state index contributed by atoms with van der Waals surface area (Å²) in [6, 6.07) is 6.50. The van der Waals surface area contributed by atoms with Crippen molar-refractivity contribution in [2.24, 2.45) is 0 Å². The van der Waals surface area contributed by atoms with Gasteiger partial charge in [-0.05, 0) is 38.1 Å². The van der Waals surface area contributed by atoms with E-state index in [1.54, 1.807) is 0 Å². The fourth-order valence-corrected chi connectivity index (χ4v) is 2.73. The van der Waals surface area contributed by atoms with Gasteiger partial charge < -0.3 is 4.74 Å². The van der Waals surface area contributed by atoms with Crippen molar-refractivity contribution in [3.63, 3.8) is 0 Å². The van der Waals surface area contributed by atoms with Gasteiger partial charge in [0.25, 0.3) is 0 Å². The monoisotopic (exact) mass is 289 g/mol. The third kappa shape index (κ3) is 3.31. The molecule has 0 fully saturated rings. The summed E-state index contributed by atoms with van der Waals surface area (Å²) in [5.74, 6) is 0.965. The first-order valence-electron chi connectivity index (χ1n) is 6.42. The first kappa shape index (κ1) is 15.6. The Morgan fingerprint density at radius 3 is 2.72 bits per heavy atom. The van der Waals surface area contributed by atoms with Gasteiger partial charge in [0, 0.05) is 16.6 Å². The molecule has 1 heterocycles. The second-order valence-corrected chi connectivity index (χ2v) is 4.85. The molecule has 2 nitrogen and oxygen atoms in total. The largest absolute Gasteiger partial charge is 0.493 e. The van der Waals surface area contributed by atoms with Gasteiger partial charge in [-0.3, -0.25) is 4.90 Å². The number of ether oxygens (including phenoxy) is 1. The van der Waals surface area contributed by atoms with Crippen LogP contribution in [0, 0.1) is 0 Å². The lowest BCUT2D eigenvalue weighted by Gasteiger charge is -2.29. The normalized spacial score (nSPS) is 18.6. The number of hydrogen-bond acceptors (Lipinski definition) is 2. The number of nitrogens with zero attached hydrogens (tertiary/aromatic N) is 1. The first-order valence-corrected chi connectivity index (χ1v) is 6.80. The van der Waals surface area contributed by atoms with E-state index in [4.69, 9.17) is 16.3 Å². The molecule has 0 bridgehead atoms. The quantitative estimate of drug-likeness (QED) is 0.822. The van der Waals surface area contributed by atoms with Crippen LogP contribution in [0.3, 0.4) is 0 Å². The fraction of sp³-hybridized carbons (Fsp3) is 0.571. The van der Waals surface area contributed by atoms with Crippen molar-refractivity contribution in [1.82, 2.24) is 4.90 Å². The summed E-state index contributed by atoms with van der Waals surface area (Å²) < 4.78 is 5.79. The maximum Gasteiger partial charge on any atom is 0.125 e. The first-order chi connectivity index (χ1) is 8.26. The van der Waals surface area contributed by atoms with Gasteiger partial charge in [-0.2, -0.15) is 0 Å². The Labute approximate surface area is 121 Å². The van der Waals surface area contributed by atoms with Gasteiger partial charge in [-0.15, -0.1) is 12.4 Å². The second-order valence-electron chi connectivity index (χ2n) is 4.41. The van der Waals surface area contributed by atoms with Gasteiger partial charge in [0.2, 0.25) is 0 Å². The highest BCUT2D eigenvalue weighted by atomic mass is 35.5. The van der Waals surface area contributed by atoms with Crippen molar-refractivity contribution in [2.45, 2.75) is 32.7 Å². The summed E-state index contributed by atoms with van der Waals surface area (Å²) in [5.41, 5.74) is 1.29. The number of rotatable bonds is 3. The predicted molar refractivity (Wildman–Crippen MR) is 79.1 cm³/mol. The molecular weight excluding hydrogens is 269 g/mol. The lowest BCUT2D eigenvalue weighted by Crippen LogP contribution is -2.28. The molecular formula is C14H21Cl2NO. The van der Waals surface area contributed by atoms with Crippen molar-refractivity contribution >= 4 is 24.0 Å². The summed E-state index contributed by atoms with van der Waals surface area (Å²) in [4.78, 5) is 2.49. The molecule has 0 N–H and O–H groups in total. The Kier molecular flexibility index (Phi) is 6.27. The number of fused-ring (bicyclic) bond motifs is 1. The third-order valence-electron chi connectivity index (χ3n) is 3.47. The molecule has 0 spiro atoms. The molecule has 4 heteroatoms. The van der Waals surface area contributed by atoms with E-state index in [0.29, 0.717) is 6.04 Å². The van der Waals surface area contributed by atoms with Crippen LogP contribution in [0.1, 0.15) is 38.3 Å². The van der Waals surface area contributed by atoms with E-state index >= 15 is 0 Å². The molecule has 1 aromatic rings. The minimum absolute atomic E-state index is 0. The average Bonchev–Trinajstić information content (AvgIpc) is 2.53. The molecule has 1 unspecified atom stereocenters. The zero-order valence-electron chi connectivity index (χ0n) is 11.0. The topological polar surface area (TPSA) is 12.5 Å². The van der Waals surface area contributed by atoms with E-state index < -0.39 is 0 Å². The van der Waals surface area contributed by atoms with E-state index in [2.05, 4.69) is 24.8 Å². The Hall–Kier alpha value is -0.440. The maximum atomic E-state index is 6.03. The lowest BCUT2D eigenvalue weighted by molar-refractivity contribution is 0.207. The maximum absolute atomic E-state index is 6.03. The van der Waals surface area contributed by atoms with E-state index in [1.807, 2.05) is 12.1 Å². The molecule has 1 atom stereocenters. The molecule has 0 aromatic heterocycles. The molecule has 0 amide bonds. The summed E-state index contributed by atoms with van der Waals surface area (Å²) in [7, 11) is 0. The molecule has 0 radical (unpaired) electrons. The van der Waals surface area contributed by atoms with E-state index in [0.717, 1.165) is 43.3 Å². The predicted octanol–water partition coefficient (Wildman–Crippen LogP) is 4.32. The van der Waals surface area contributed by atoms with Gasteiger partial charge >= 0.3 is 0 Å². The van der Waals surface area contributed by atoms with Crippen LogP contribution >= 0.6 is 24.0 Å². The second kappa shape index (κ2) is 7.22. The molecule has 1 aliphatic heterocycles. The minimum atomic E-state index is 0. The van der Waals surface area contributed by atoms with Gasteiger partial charge in [-0.25, -0.2) is 0 Å². The lowest BCUT2D eigenvalue weighted by atomic mass is 10.0. The smallest absolute Gasteiger partial charge is 0.125 e. The van der Waals surface area contributed by atoms with Crippen molar-refractivity contribution in [2.75, 3.05) is 19.7 Å². The summed E-state index contributed by atoms with van der Waals surface area (Å²) in [5, 5.41) is 0.754. The Bertz CT molecular complexity index is 380. The molecule has 1 aromatic carbocycles. The Balaban J connectivity index is 0.00000162. The van der Waals surface area contributed by atoms with Crippen molar-refractivity contribution in [3.05, 3.63) is 28.8 Å². The van der Waals surface area contributed by atoms with Crippen molar-refractivity contribution in [3.8, 4) is 5.75 Å². The van der Waals surface area contributed by atoms with Gasteiger partial charge in [0.1, 0.15) is 5.75 Å². The Morgan fingerprint density at radius 2 is 2.06 bits per heavy atom. The summed E-state index contributed by atoms with van der Waals surface area (Å²) in [6.45, 7) is 7.37. The number of halogens is 2. The fourth-order valence-electron chi connectivity index (χ4n) is 2.57. The molecule has 0 saturated carbocycles. The van der Waals surface area contributed by atoms with Crippen LogP contribution in [0.4, 0.5) is 0 Å². The zero-order chi connectivity index (χ0) is 12.3. The van der Waals surface area contributed by atoms with E-state index in [9.17, 15) is 0 Å². The van der Waals surface area contributed by atoms with Crippen LogP contribution in [0.2, 0.25) is 5.02 Å². The minimum Gasteiger partial charge on any atom is -0.493 e. The average molecular weight is 290 g/mol. The molecule has 0 saturated heterocycles. The number of benzene rings is 1. The van der Waals surface area contributed by atoms with Crippen LogP contribution in [0.15, 0.2) is 18.2 Å². The van der Waals surface area contributed by atoms with Gasteiger partial charge in [0.05, 0.1) is 6.61 Å². The molecule has 2 rings (SSSR count). The van der Waals surface area contributed by atoms with E-state index in [-0.39, 0.29) is 12.4 Å². The van der Waals surface area contributed by atoms with Crippen LogP contribution in [-0.2, 0) is 0 Å². The highest BCUT2D eigenvalue weighted by Gasteiger charge is 2.23.